The van der Waals surface area contributed by atoms with Crippen LogP contribution in [0.25, 0.3) is 82.4 Å². The smallest absolute Gasteiger partial charge is 0.0547 e. The van der Waals surface area contributed by atoms with Crippen molar-refractivity contribution in [2.75, 3.05) is 4.90 Å². The van der Waals surface area contributed by atoms with Crippen LogP contribution in [-0.4, -0.2) is 4.57 Å². The molecule has 0 saturated heterocycles. The van der Waals surface area contributed by atoms with E-state index in [-0.39, 0.29) is 5.41 Å². The molecule has 0 aliphatic heterocycles. The van der Waals surface area contributed by atoms with E-state index in [4.69, 9.17) is 0 Å². The fourth-order valence-electron chi connectivity index (χ4n) is 10.2. The fourth-order valence-corrected chi connectivity index (χ4v) is 10.2. The average molecular weight is 779 g/mol. The van der Waals surface area contributed by atoms with Crippen molar-refractivity contribution >= 4 is 60.4 Å². The molecule has 0 amide bonds. The van der Waals surface area contributed by atoms with Gasteiger partial charge in [-0.1, -0.05) is 166 Å². The number of rotatable bonds is 6. The van der Waals surface area contributed by atoms with Crippen molar-refractivity contribution in [3.05, 3.63) is 230 Å². The third-order valence-electron chi connectivity index (χ3n) is 13.1. The van der Waals surface area contributed by atoms with Gasteiger partial charge in [0.25, 0.3) is 0 Å². The Morgan fingerprint density at radius 3 is 1.75 bits per heavy atom. The fraction of sp³-hybridized carbons (Fsp3) is 0.0508. The highest BCUT2D eigenvalue weighted by atomic mass is 15.1. The Bertz CT molecular complexity index is 3460. The molecule has 11 aromatic rings. The van der Waals surface area contributed by atoms with E-state index in [1.54, 1.807) is 0 Å². The molecule has 0 unspecified atom stereocenters. The molecule has 1 heterocycles. The number of fused-ring (bicyclic) bond motifs is 9. The highest BCUT2D eigenvalue weighted by Crippen LogP contribution is 2.52. The lowest BCUT2D eigenvalue weighted by Gasteiger charge is -2.27. The zero-order valence-electron chi connectivity index (χ0n) is 34.2. The molecule has 0 fully saturated rings. The van der Waals surface area contributed by atoms with Crippen LogP contribution in [0, 0.1) is 0 Å². The summed E-state index contributed by atoms with van der Waals surface area (Å²) in [7, 11) is 0. The van der Waals surface area contributed by atoms with Crippen molar-refractivity contribution in [3.63, 3.8) is 0 Å². The number of nitrogens with zero attached hydrogens (tertiary/aromatic N) is 2. The first kappa shape index (κ1) is 35.3. The largest absolute Gasteiger partial charge is 0.310 e. The second-order valence-corrected chi connectivity index (χ2v) is 16.9. The van der Waals surface area contributed by atoms with Gasteiger partial charge in [0.1, 0.15) is 0 Å². The quantitative estimate of drug-likeness (QED) is 0.163. The molecular formula is C59H42N2. The van der Waals surface area contributed by atoms with Gasteiger partial charge in [-0.25, -0.2) is 0 Å². The minimum Gasteiger partial charge on any atom is -0.310 e. The van der Waals surface area contributed by atoms with Crippen LogP contribution in [0.15, 0.2) is 218 Å². The van der Waals surface area contributed by atoms with Crippen LogP contribution >= 0.6 is 0 Å². The summed E-state index contributed by atoms with van der Waals surface area (Å²) < 4.78 is 2.45. The van der Waals surface area contributed by atoms with Gasteiger partial charge in [0, 0.05) is 38.6 Å². The van der Waals surface area contributed by atoms with Crippen molar-refractivity contribution in [3.8, 4) is 39.1 Å². The molecule has 61 heavy (non-hydrogen) atoms. The second-order valence-electron chi connectivity index (χ2n) is 16.9. The third-order valence-corrected chi connectivity index (χ3v) is 13.1. The number of hydrogen-bond donors (Lipinski definition) is 0. The van der Waals surface area contributed by atoms with Crippen molar-refractivity contribution in [1.29, 1.82) is 0 Å². The molecule has 2 nitrogen and oxygen atoms in total. The molecule has 1 aromatic heterocycles. The highest BCUT2D eigenvalue weighted by Gasteiger charge is 2.36. The summed E-state index contributed by atoms with van der Waals surface area (Å²) in [5.41, 5.74) is 17.2. The van der Waals surface area contributed by atoms with E-state index in [0.29, 0.717) is 0 Å². The van der Waals surface area contributed by atoms with Gasteiger partial charge in [-0.3, -0.25) is 0 Å². The topological polar surface area (TPSA) is 8.17 Å². The molecule has 1 aliphatic carbocycles. The number of hydrogen-bond acceptors (Lipinski definition) is 1. The van der Waals surface area contributed by atoms with Crippen LogP contribution in [0.2, 0.25) is 0 Å². The summed E-state index contributed by atoms with van der Waals surface area (Å²) in [6.45, 7) is 4.77. The van der Waals surface area contributed by atoms with Crippen molar-refractivity contribution in [1.82, 2.24) is 4.57 Å². The predicted octanol–water partition coefficient (Wildman–Crippen LogP) is 16.2. The maximum Gasteiger partial charge on any atom is 0.0547 e. The number of anilines is 3. The summed E-state index contributed by atoms with van der Waals surface area (Å²) in [4.78, 5) is 2.39. The van der Waals surface area contributed by atoms with E-state index >= 15 is 0 Å². The van der Waals surface area contributed by atoms with Crippen LogP contribution in [0.4, 0.5) is 17.1 Å². The minimum atomic E-state index is -0.100. The summed E-state index contributed by atoms with van der Waals surface area (Å²) in [5.74, 6) is 0. The Morgan fingerprint density at radius 1 is 0.377 bits per heavy atom. The zero-order chi connectivity index (χ0) is 40.7. The lowest BCUT2D eigenvalue weighted by atomic mass is 9.80. The number of aromatic nitrogens is 1. The monoisotopic (exact) mass is 778 g/mol. The normalized spacial score (nSPS) is 12.9. The summed E-state index contributed by atoms with van der Waals surface area (Å²) >= 11 is 0. The molecule has 0 bridgehead atoms. The second kappa shape index (κ2) is 13.7. The van der Waals surface area contributed by atoms with E-state index in [2.05, 4.69) is 242 Å². The van der Waals surface area contributed by atoms with E-state index < -0.39 is 0 Å². The Morgan fingerprint density at radius 2 is 0.984 bits per heavy atom. The van der Waals surface area contributed by atoms with Gasteiger partial charge in [0.15, 0.2) is 0 Å². The van der Waals surface area contributed by atoms with E-state index in [0.717, 1.165) is 17.1 Å². The third kappa shape index (κ3) is 5.56. The molecule has 2 heteroatoms. The molecule has 0 N–H and O–H groups in total. The summed E-state index contributed by atoms with van der Waals surface area (Å²) in [5, 5.41) is 7.55. The van der Waals surface area contributed by atoms with Crippen LogP contribution in [0.5, 0.6) is 0 Å². The zero-order valence-corrected chi connectivity index (χ0v) is 34.2. The van der Waals surface area contributed by atoms with Gasteiger partial charge in [-0.2, -0.15) is 0 Å². The molecule has 1 aliphatic rings. The SMILES string of the molecule is CC1(C)c2ccccc2-c2ccc3cc4c5cc(-c6ccc(N(c7ccc(-c8ccccc8)cc7)c7cccc8ccccc78)cc6)ccc5n(-c5ccccc5)c4cc3c21. The van der Waals surface area contributed by atoms with Gasteiger partial charge < -0.3 is 9.47 Å². The molecule has 10 aromatic carbocycles. The Labute approximate surface area is 356 Å². The summed E-state index contributed by atoms with van der Waals surface area (Å²) in [6, 6.07) is 80.2. The van der Waals surface area contributed by atoms with Gasteiger partial charge in [0.05, 0.1) is 16.7 Å². The highest BCUT2D eigenvalue weighted by molar-refractivity contribution is 6.16. The average Bonchev–Trinajstić information content (AvgIpc) is 3.76. The maximum absolute atomic E-state index is 2.47. The lowest BCUT2D eigenvalue weighted by molar-refractivity contribution is 0.666. The Balaban J connectivity index is 0.995. The van der Waals surface area contributed by atoms with Gasteiger partial charge >= 0.3 is 0 Å². The minimum absolute atomic E-state index is 0.100. The molecule has 0 atom stereocenters. The van der Waals surface area contributed by atoms with Crippen molar-refractivity contribution in [2.24, 2.45) is 0 Å². The maximum atomic E-state index is 2.47. The van der Waals surface area contributed by atoms with Gasteiger partial charge in [-0.05, 0) is 127 Å². The van der Waals surface area contributed by atoms with Crippen LogP contribution in [0.1, 0.15) is 25.0 Å². The molecule has 288 valence electrons. The molecule has 0 saturated carbocycles. The lowest BCUT2D eigenvalue weighted by Crippen LogP contribution is -2.15. The predicted molar refractivity (Wildman–Crippen MR) is 259 cm³/mol. The van der Waals surface area contributed by atoms with Crippen molar-refractivity contribution in [2.45, 2.75) is 19.3 Å². The van der Waals surface area contributed by atoms with Crippen LogP contribution < -0.4 is 4.90 Å². The number of benzene rings is 10. The van der Waals surface area contributed by atoms with E-state index in [9.17, 15) is 0 Å². The van der Waals surface area contributed by atoms with Crippen LogP contribution in [-0.2, 0) is 5.41 Å². The molecule has 0 radical (unpaired) electrons. The number of para-hydroxylation sites is 1. The standard InChI is InChI=1S/C59H42N2/c1-59(2)54-22-12-11-21-49(54)50-34-28-44-37-53-52-36-43(29-35-56(52)61(45-18-7-4-8-19-45)57(53)38-51(44)58(50)59)41-26-32-47(33-27-41)60(55-23-13-17-42-16-9-10-20-48(42)55)46-30-24-40(25-31-46)39-14-5-3-6-15-39/h3-38H,1-2H3. The van der Waals surface area contributed by atoms with E-state index in [1.807, 2.05) is 0 Å². The first-order chi connectivity index (χ1) is 30.0. The molecule has 12 rings (SSSR count). The van der Waals surface area contributed by atoms with Gasteiger partial charge in [-0.15, -0.1) is 0 Å². The summed E-state index contributed by atoms with van der Waals surface area (Å²) in [6.07, 6.45) is 0. The Hall–Kier alpha value is -7.68. The molecular weight excluding hydrogens is 737 g/mol. The Kier molecular flexibility index (Phi) is 7.92. The van der Waals surface area contributed by atoms with E-state index in [1.165, 1.54) is 93.5 Å². The first-order valence-corrected chi connectivity index (χ1v) is 21.3. The molecule has 0 spiro atoms. The van der Waals surface area contributed by atoms with Crippen LogP contribution in [0.3, 0.4) is 0 Å². The van der Waals surface area contributed by atoms with Gasteiger partial charge in [0.2, 0.25) is 0 Å². The first-order valence-electron chi connectivity index (χ1n) is 21.3. The van der Waals surface area contributed by atoms with Crippen molar-refractivity contribution < 1.29 is 0 Å².